The van der Waals surface area contributed by atoms with Gasteiger partial charge in [-0.3, -0.25) is 0 Å². The van der Waals surface area contributed by atoms with E-state index in [2.05, 4.69) is 21.9 Å². The van der Waals surface area contributed by atoms with E-state index in [4.69, 9.17) is 4.74 Å². The highest BCUT2D eigenvalue weighted by atomic mass is 19.3. The van der Waals surface area contributed by atoms with Crippen molar-refractivity contribution in [3.63, 3.8) is 0 Å². The van der Waals surface area contributed by atoms with E-state index in [-0.39, 0.29) is 23.7 Å². The third kappa shape index (κ3) is 4.42. The van der Waals surface area contributed by atoms with Gasteiger partial charge < -0.3 is 24.6 Å². The standard InChI is InChI=1S/C22H25F2N3O3/c1-15-14-29-19-8-3-2-7-18(19)20(15)25-22(28)27-11-9-26(10-12-27)16-5-4-6-17(13-16)30-21(23)24/h2-8,13,15,20-21H,9-12,14H2,1H3,(H,25,28). The molecule has 2 aliphatic heterocycles. The lowest BCUT2D eigenvalue weighted by molar-refractivity contribution is -0.0498. The third-order valence-corrected chi connectivity index (χ3v) is 5.58. The summed E-state index contributed by atoms with van der Waals surface area (Å²) in [4.78, 5) is 16.7. The molecule has 2 aliphatic rings. The van der Waals surface area contributed by atoms with E-state index in [1.54, 1.807) is 17.0 Å². The summed E-state index contributed by atoms with van der Waals surface area (Å²) in [5.74, 6) is 1.12. The minimum atomic E-state index is -2.85. The largest absolute Gasteiger partial charge is 0.493 e. The number of hydrogen-bond acceptors (Lipinski definition) is 4. The number of amides is 2. The zero-order valence-corrected chi connectivity index (χ0v) is 16.8. The van der Waals surface area contributed by atoms with E-state index in [9.17, 15) is 13.6 Å². The lowest BCUT2D eigenvalue weighted by Crippen LogP contribution is -2.53. The Morgan fingerprint density at radius 3 is 2.67 bits per heavy atom. The summed E-state index contributed by atoms with van der Waals surface area (Å²) >= 11 is 0. The Kier molecular flexibility index (Phi) is 5.92. The van der Waals surface area contributed by atoms with Crippen molar-refractivity contribution in [1.29, 1.82) is 0 Å². The van der Waals surface area contributed by atoms with Gasteiger partial charge in [0.15, 0.2) is 0 Å². The SMILES string of the molecule is CC1COc2ccccc2C1NC(=O)N1CCN(c2cccc(OC(F)F)c2)CC1. The average Bonchev–Trinajstić information content (AvgIpc) is 2.75. The van der Waals surface area contributed by atoms with Crippen LogP contribution in [0.2, 0.25) is 0 Å². The molecule has 0 bridgehead atoms. The molecule has 2 amide bonds. The molecule has 2 unspecified atom stereocenters. The normalized spacial score (nSPS) is 21.1. The number of nitrogens with one attached hydrogen (secondary N) is 1. The van der Waals surface area contributed by atoms with Crippen molar-refractivity contribution in [2.75, 3.05) is 37.7 Å². The number of urea groups is 1. The highest BCUT2D eigenvalue weighted by molar-refractivity contribution is 5.75. The molecule has 0 radical (unpaired) electrons. The number of carbonyl (C=O) groups excluding carboxylic acids is 1. The first-order valence-electron chi connectivity index (χ1n) is 10.1. The first kappa shape index (κ1) is 20.3. The molecule has 0 saturated carbocycles. The molecular weight excluding hydrogens is 392 g/mol. The molecule has 30 heavy (non-hydrogen) atoms. The second-order valence-corrected chi connectivity index (χ2v) is 7.60. The zero-order chi connectivity index (χ0) is 21.1. The van der Waals surface area contributed by atoms with E-state index < -0.39 is 6.61 Å². The highest BCUT2D eigenvalue weighted by Crippen LogP contribution is 2.35. The maximum Gasteiger partial charge on any atom is 0.387 e. The maximum absolute atomic E-state index is 12.9. The van der Waals surface area contributed by atoms with Crippen molar-refractivity contribution < 1.29 is 23.0 Å². The van der Waals surface area contributed by atoms with E-state index in [1.807, 2.05) is 30.3 Å². The van der Waals surface area contributed by atoms with Crippen LogP contribution in [0.4, 0.5) is 19.3 Å². The van der Waals surface area contributed by atoms with Crippen molar-refractivity contribution in [3.05, 3.63) is 54.1 Å². The number of fused-ring (bicyclic) bond motifs is 1. The number of anilines is 1. The molecule has 2 aromatic carbocycles. The van der Waals surface area contributed by atoms with E-state index in [0.29, 0.717) is 32.8 Å². The van der Waals surface area contributed by atoms with Crippen LogP contribution in [-0.4, -0.2) is 50.3 Å². The van der Waals surface area contributed by atoms with Crippen LogP contribution in [0, 0.1) is 5.92 Å². The lowest BCUT2D eigenvalue weighted by Gasteiger charge is -2.38. The number of hydrogen-bond donors (Lipinski definition) is 1. The van der Waals surface area contributed by atoms with Crippen LogP contribution < -0.4 is 19.7 Å². The van der Waals surface area contributed by atoms with Gasteiger partial charge in [-0.15, -0.1) is 0 Å². The van der Waals surface area contributed by atoms with Crippen LogP contribution >= 0.6 is 0 Å². The Labute approximate surface area is 174 Å². The molecular formula is C22H25F2N3O3. The first-order valence-corrected chi connectivity index (χ1v) is 10.1. The quantitative estimate of drug-likeness (QED) is 0.820. The topological polar surface area (TPSA) is 54.0 Å². The number of rotatable bonds is 4. The second kappa shape index (κ2) is 8.77. The fourth-order valence-electron chi connectivity index (χ4n) is 3.96. The molecule has 2 heterocycles. The van der Waals surface area contributed by atoms with Gasteiger partial charge in [-0.2, -0.15) is 8.78 Å². The number of benzene rings is 2. The lowest BCUT2D eigenvalue weighted by atomic mass is 9.92. The Morgan fingerprint density at radius 1 is 1.13 bits per heavy atom. The van der Waals surface area contributed by atoms with Crippen molar-refractivity contribution in [2.24, 2.45) is 5.92 Å². The third-order valence-electron chi connectivity index (χ3n) is 5.58. The average molecular weight is 417 g/mol. The number of carbonyl (C=O) groups is 1. The summed E-state index contributed by atoms with van der Waals surface area (Å²) in [6.07, 6.45) is 0. The van der Waals surface area contributed by atoms with Gasteiger partial charge in [-0.25, -0.2) is 4.79 Å². The molecule has 0 spiro atoms. The molecule has 0 aliphatic carbocycles. The van der Waals surface area contributed by atoms with Crippen molar-refractivity contribution in [2.45, 2.75) is 19.6 Å². The predicted octanol–water partition coefficient (Wildman–Crippen LogP) is 3.89. The molecule has 1 fully saturated rings. The van der Waals surface area contributed by atoms with Gasteiger partial charge in [-0.1, -0.05) is 31.2 Å². The van der Waals surface area contributed by atoms with Gasteiger partial charge in [0.1, 0.15) is 11.5 Å². The number of halogens is 2. The van der Waals surface area contributed by atoms with E-state index in [0.717, 1.165) is 17.0 Å². The minimum absolute atomic E-state index is 0.0938. The molecule has 1 saturated heterocycles. The number of ether oxygens (including phenoxy) is 2. The molecule has 6 nitrogen and oxygen atoms in total. The molecule has 1 N–H and O–H groups in total. The van der Waals surface area contributed by atoms with Crippen LogP contribution in [0.15, 0.2) is 48.5 Å². The van der Waals surface area contributed by atoms with Gasteiger partial charge in [0, 0.05) is 49.4 Å². The fourth-order valence-corrected chi connectivity index (χ4v) is 3.96. The first-order chi connectivity index (χ1) is 14.5. The Balaban J connectivity index is 1.36. The van der Waals surface area contributed by atoms with Gasteiger partial charge >= 0.3 is 12.6 Å². The predicted molar refractivity (Wildman–Crippen MR) is 109 cm³/mol. The number of alkyl halides is 2. The Bertz CT molecular complexity index is 887. The monoisotopic (exact) mass is 417 g/mol. The summed E-state index contributed by atoms with van der Waals surface area (Å²) in [6.45, 7) is 2.10. The molecule has 2 aromatic rings. The smallest absolute Gasteiger partial charge is 0.387 e. The molecule has 8 heteroatoms. The van der Waals surface area contributed by atoms with Crippen molar-refractivity contribution in [1.82, 2.24) is 10.2 Å². The molecule has 2 atom stereocenters. The van der Waals surface area contributed by atoms with E-state index in [1.165, 1.54) is 6.07 Å². The van der Waals surface area contributed by atoms with Crippen molar-refractivity contribution >= 4 is 11.7 Å². The summed E-state index contributed by atoms with van der Waals surface area (Å²) in [6, 6.07) is 14.2. The van der Waals surface area contributed by atoms with E-state index >= 15 is 0 Å². The van der Waals surface area contributed by atoms with Crippen LogP contribution in [0.5, 0.6) is 11.5 Å². The fraction of sp³-hybridized carbons (Fsp3) is 0.409. The van der Waals surface area contributed by atoms with Gasteiger partial charge in [0.05, 0.1) is 12.6 Å². The van der Waals surface area contributed by atoms with Gasteiger partial charge in [0.2, 0.25) is 0 Å². The van der Waals surface area contributed by atoms with Crippen LogP contribution in [0.1, 0.15) is 18.5 Å². The summed E-state index contributed by atoms with van der Waals surface area (Å²) < 4.78 is 35.1. The van der Waals surface area contributed by atoms with Crippen molar-refractivity contribution in [3.8, 4) is 11.5 Å². The summed E-state index contributed by atoms with van der Waals surface area (Å²) in [7, 11) is 0. The molecule has 160 valence electrons. The van der Waals surface area contributed by atoms with Gasteiger partial charge in [-0.05, 0) is 18.2 Å². The van der Waals surface area contributed by atoms with Crippen LogP contribution in [-0.2, 0) is 0 Å². The molecule has 4 rings (SSSR count). The number of nitrogens with zero attached hydrogens (tertiary/aromatic N) is 2. The Hall–Kier alpha value is -3.03. The minimum Gasteiger partial charge on any atom is -0.493 e. The summed E-state index contributed by atoms with van der Waals surface area (Å²) in [5.41, 5.74) is 1.80. The highest BCUT2D eigenvalue weighted by Gasteiger charge is 2.31. The van der Waals surface area contributed by atoms with Gasteiger partial charge in [0.25, 0.3) is 0 Å². The number of para-hydroxylation sites is 1. The molecule has 0 aromatic heterocycles. The van der Waals surface area contributed by atoms with Crippen LogP contribution in [0.3, 0.4) is 0 Å². The zero-order valence-electron chi connectivity index (χ0n) is 16.8. The Morgan fingerprint density at radius 2 is 1.90 bits per heavy atom. The second-order valence-electron chi connectivity index (χ2n) is 7.60. The number of piperazine rings is 1. The maximum atomic E-state index is 12.9. The van der Waals surface area contributed by atoms with Crippen LogP contribution in [0.25, 0.3) is 0 Å². The summed E-state index contributed by atoms with van der Waals surface area (Å²) in [5, 5.41) is 3.16.